The van der Waals surface area contributed by atoms with Gasteiger partial charge in [0.05, 0.1) is 42.6 Å². The third-order valence-corrected chi connectivity index (χ3v) is 12.2. The SMILES string of the molecule is COc1cccc2c1C(=O)c1c(O)c3c(c(O)c1C2=O)C[C@@](O)(C(=O)N1C[C@H]2CCC1CN2)C[C@@H]3O[C@H]1C[C@H]2[C@H](O[C@@H]3[C@@H](OC)OCCN32)[C@H](C)O1. The van der Waals surface area contributed by atoms with Crippen molar-refractivity contribution in [2.75, 3.05) is 40.5 Å². The fraction of sp³-hybridized carbons (Fsp3) is 0.595. The molecule has 2 aromatic carbocycles. The van der Waals surface area contributed by atoms with E-state index in [1.807, 2.05) is 6.92 Å². The summed E-state index contributed by atoms with van der Waals surface area (Å²) >= 11 is 0. The van der Waals surface area contributed by atoms with Crippen molar-refractivity contribution in [1.29, 1.82) is 0 Å². The van der Waals surface area contributed by atoms with E-state index in [9.17, 15) is 29.7 Å². The number of fused-ring (bicyclic) bond motifs is 9. The van der Waals surface area contributed by atoms with Crippen LogP contribution in [0.4, 0.5) is 0 Å². The predicted molar refractivity (Wildman–Crippen MR) is 178 cm³/mol. The summed E-state index contributed by atoms with van der Waals surface area (Å²) in [5.74, 6) is -2.90. The smallest absolute Gasteiger partial charge is 0.255 e. The zero-order valence-corrected chi connectivity index (χ0v) is 29.2. The number of piperidine rings is 2. The number of piperazine rings is 1. The summed E-state index contributed by atoms with van der Waals surface area (Å²) in [5, 5.41) is 39.8. The number of amides is 1. The number of aliphatic hydroxyl groups is 1. The van der Waals surface area contributed by atoms with E-state index < -0.39 is 77.6 Å². The van der Waals surface area contributed by atoms with Crippen LogP contribution in [0, 0.1) is 0 Å². The van der Waals surface area contributed by atoms with E-state index >= 15 is 0 Å². The predicted octanol–water partition coefficient (Wildman–Crippen LogP) is 1.11. The van der Waals surface area contributed by atoms with E-state index in [2.05, 4.69) is 10.2 Å². The van der Waals surface area contributed by atoms with Crippen LogP contribution in [-0.2, 0) is 34.9 Å². The lowest BCUT2D eigenvalue weighted by atomic mass is 9.72. The average Bonchev–Trinajstić information content (AvgIpc) is 3.54. The van der Waals surface area contributed by atoms with Crippen molar-refractivity contribution >= 4 is 17.5 Å². The highest BCUT2D eigenvalue weighted by atomic mass is 16.7. The molecule has 6 saturated heterocycles. The molecule has 2 aromatic rings. The van der Waals surface area contributed by atoms with Crippen LogP contribution in [-0.4, -0.2) is 138 Å². The number of carbonyl (C=O) groups excluding carboxylic acids is 3. The second kappa shape index (κ2) is 12.5. The Kier molecular flexibility index (Phi) is 8.17. The molecule has 2 aliphatic carbocycles. The molecule has 10 rings (SSSR count). The molecule has 6 fully saturated rings. The van der Waals surface area contributed by atoms with Crippen LogP contribution in [0.2, 0.25) is 0 Å². The van der Waals surface area contributed by atoms with Gasteiger partial charge in [-0.15, -0.1) is 0 Å². The van der Waals surface area contributed by atoms with Crippen LogP contribution in [0.3, 0.4) is 0 Å². The number of ketones is 2. The summed E-state index contributed by atoms with van der Waals surface area (Å²) in [5.41, 5.74) is -2.87. The molecule has 15 heteroatoms. The molecule has 15 nitrogen and oxygen atoms in total. The van der Waals surface area contributed by atoms with Gasteiger partial charge in [-0.3, -0.25) is 19.3 Å². The van der Waals surface area contributed by atoms with Gasteiger partial charge in [0, 0.05) is 80.8 Å². The number of carbonyl (C=O) groups is 3. The zero-order valence-electron chi connectivity index (χ0n) is 29.2. The van der Waals surface area contributed by atoms with Gasteiger partial charge in [0.25, 0.3) is 5.91 Å². The molecule has 8 aliphatic rings. The van der Waals surface area contributed by atoms with E-state index in [1.165, 1.54) is 13.2 Å². The Bertz CT molecular complexity index is 1850. The van der Waals surface area contributed by atoms with Gasteiger partial charge in [0.1, 0.15) is 29.0 Å². The number of phenolic OH excluding ortho intramolecular Hbond substituents is 2. The minimum atomic E-state index is -2.07. The Hall–Kier alpha value is -3.67. The van der Waals surface area contributed by atoms with Gasteiger partial charge < -0.3 is 54.0 Å². The number of hydrogen-bond donors (Lipinski definition) is 4. The van der Waals surface area contributed by atoms with Gasteiger partial charge in [-0.2, -0.15) is 0 Å². The largest absolute Gasteiger partial charge is 0.507 e. The lowest BCUT2D eigenvalue weighted by Crippen LogP contribution is -2.66. The van der Waals surface area contributed by atoms with E-state index in [0.717, 1.165) is 12.8 Å². The van der Waals surface area contributed by atoms with E-state index in [1.54, 1.807) is 24.1 Å². The number of nitrogens with zero attached hydrogens (tertiary/aromatic N) is 2. The fourth-order valence-corrected chi connectivity index (χ4v) is 9.72. The Morgan fingerprint density at radius 3 is 2.58 bits per heavy atom. The maximum atomic E-state index is 14.4. The molecule has 2 bridgehead atoms. The lowest BCUT2D eigenvalue weighted by Gasteiger charge is -2.49. The Labute approximate surface area is 299 Å². The number of nitrogens with one attached hydrogen (secondary N) is 1. The van der Waals surface area contributed by atoms with Gasteiger partial charge in [-0.05, 0) is 25.8 Å². The molecule has 6 aliphatic heterocycles. The zero-order chi connectivity index (χ0) is 36.2. The van der Waals surface area contributed by atoms with Crippen molar-refractivity contribution in [3.8, 4) is 17.2 Å². The number of morpholine rings is 1. The summed E-state index contributed by atoms with van der Waals surface area (Å²) in [6, 6.07) is 4.40. The first kappa shape index (κ1) is 34.1. The van der Waals surface area contributed by atoms with E-state index in [0.29, 0.717) is 32.7 Å². The quantitative estimate of drug-likeness (QED) is 0.275. The van der Waals surface area contributed by atoms with Crippen molar-refractivity contribution in [1.82, 2.24) is 15.1 Å². The summed E-state index contributed by atoms with van der Waals surface area (Å²) in [6.45, 7) is 3.94. The van der Waals surface area contributed by atoms with Gasteiger partial charge in [-0.25, -0.2) is 0 Å². The third kappa shape index (κ3) is 4.98. The minimum absolute atomic E-state index is 0.00773. The standard InChI is InChI=1S/C37H43N3O12/c1-16-33-21(39-9-10-49-35(48-3)34(39)52-33)11-24(50-16)51-23-13-37(46,36(45)40-15-17-7-8-18(40)14-38-17)12-20-26(23)32(44)28-27(30(20)42)29(41)19-5-4-6-22(47-2)25(19)31(28)43/h4-6,16-18,21,23-24,33-35,38,42,44,46H,7-15H2,1-3H3/t16-,17+,18?,21-,23-,24-,33+,34+,35-,37-/m0/s1. The number of ether oxygens (including phenoxy) is 6. The maximum Gasteiger partial charge on any atom is 0.255 e. The van der Waals surface area contributed by atoms with Crippen LogP contribution in [0.5, 0.6) is 17.2 Å². The molecule has 1 amide bonds. The van der Waals surface area contributed by atoms with Crippen LogP contribution in [0.25, 0.3) is 0 Å². The second-order valence-corrected chi connectivity index (χ2v) is 15.0. The normalized spacial score (nSPS) is 36.5. The molecule has 278 valence electrons. The van der Waals surface area contributed by atoms with Crippen molar-refractivity contribution in [3.63, 3.8) is 0 Å². The molecule has 0 spiro atoms. The Morgan fingerprint density at radius 2 is 1.87 bits per heavy atom. The van der Waals surface area contributed by atoms with Crippen molar-refractivity contribution in [3.05, 3.63) is 51.6 Å². The van der Waals surface area contributed by atoms with Gasteiger partial charge in [0.2, 0.25) is 5.78 Å². The molecule has 1 unspecified atom stereocenters. The first-order chi connectivity index (χ1) is 25.0. The summed E-state index contributed by atoms with van der Waals surface area (Å²) in [4.78, 5) is 46.4. The number of methoxy groups -OCH3 is 2. The third-order valence-electron chi connectivity index (χ3n) is 12.2. The first-order valence-corrected chi connectivity index (χ1v) is 18.0. The first-order valence-electron chi connectivity index (χ1n) is 18.0. The van der Waals surface area contributed by atoms with Crippen molar-refractivity contribution in [2.24, 2.45) is 0 Å². The number of rotatable bonds is 5. The molecular formula is C37H43N3O12. The van der Waals surface area contributed by atoms with Crippen LogP contribution in [0.15, 0.2) is 18.2 Å². The highest BCUT2D eigenvalue weighted by Gasteiger charge is 2.56. The molecule has 4 N–H and O–H groups in total. The van der Waals surface area contributed by atoms with Crippen molar-refractivity contribution < 1.29 is 58.1 Å². The molecular weight excluding hydrogens is 678 g/mol. The second-order valence-electron chi connectivity index (χ2n) is 15.0. The monoisotopic (exact) mass is 721 g/mol. The number of phenols is 2. The lowest BCUT2D eigenvalue weighted by molar-refractivity contribution is -0.256. The molecule has 52 heavy (non-hydrogen) atoms. The molecule has 6 heterocycles. The highest BCUT2D eigenvalue weighted by molar-refractivity contribution is 6.31. The molecule has 0 saturated carbocycles. The molecule has 10 atom stereocenters. The van der Waals surface area contributed by atoms with E-state index in [-0.39, 0.29) is 64.2 Å². The van der Waals surface area contributed by atoms with E-state index in [4.69, 9.17) is 28.4 Å². The number of hydrogen-bond acceptors (Lipinski definition) is 14. The number of aromatic hydroxyl groups is 2. The fourth-order valence-electron chi connectivity index (χ4n) is 9.72. The van der Waals surface area contributed by atoms with Crippen LogP contribution >= 0.6 is 0 Å². The average molecular weight is 722 g/mol. The summed E-state index contributed by atoms with van der Waals surface area (Å²) in [6.07, 6.45) is -2.55. The Morgan fingerprint density at radius 1 is 1.06 bits per heavy atom. The van der Waals surface area contributed by atoms with Gasteiger partial charge >= 0.3 is 0 Å². The number of benzene rings is 2. The molecule has 0 aromatic heterocycles. The summed E-state index contributed by atoms with van der Waals surface area (Å²) in [7, 11) is 2.94. The van der Waals surface area contributed by atoms with Gasteiger partial charge in [-0.1, -0.05) is 12.1 Å². The van der Waals surface area contributed by atoms with Crippen LogP contribution in [0.1, 0.15) is 81.7 Å². The topological polar surface area (TPSA) is 186 Å². The minimum Gasteiger partial charge on any atom is -0.507 e. The van der Waals surface area contributed by atoms with Crippen LogP contribution < -0.4 is 10.1 Å². The van der Waals surface area contributed by atoms with Gasteiger partial charge in [0.15, 0.2) is 24.6 Å². The summed E-state index contributed by atoms with van der Waals surface area (Å²) < 4.78 is 36.1. The highest BCUT2D eigenvalue weighted by Crippen LogP contribution is 2.53. The van der Waals surface area contributed by atoms with Crippen molar-refractivity contribution in [2.45, 2.75) is 99.9 Å². The maximum absolute atomic E-state index is 14.4. The molecule has 0 radical (unpaired) electrons. The Balaban J connectivity index is 1.12.